The first-order valence-electron chi connectivity index (χ1n) is 8.30. The number of rotatable bonds is 5. The van der Waals surface area contributed by atoms with Crippen molar-refractivity contribution in [2.24, 2.45) is 5.41 Å². The van der Waals surface area contributed by atoms with Crippen LogP contribution in [0.15, 0.2) is 36.5 Å². The van der Waals surface area contributed by atoms with Crippen LogP contribution in [0, 0.1) is 19.3 Å². The lowest BCUT2D eigenvalue weighted by Gasteiger charge is -2.18. The van der Waals surface area contributed by atoms with Crippen LogP contribution < -0.4 is 10.0 Å². The molecule has 0 saturated carbocycles. The summed E-state index contributed by atoms with van der Waals surface area (Å²) in [5.74, 6) is -0.241. The maximum atomic E-state index is 12.4. The number of carbonyl (C=O) groups is 1. The van der Waals surface area contributed by atoms with E-state index in [2.05, 4.69) is 15.0 Å². The van der Waals surface area contributed by atoms with Crippen LogP contribution in [0.2, 0.25) is 0 Å². The van der Waals surface area contributed by atoms with Gasteiger partial charge in [-0.05, 0) is 54.7 Å². The van der Waals surface area contributed by atoms with E-state index in [-0.39, 0.29) is 22.9 Å². The number of anilines is 2. The molecule has 0 aliphatic rings. The molecule has 0 spiro atoms. The van der Waals surface area contributed by atoms with Gasteiger partial charge in [-0.1, -0.05) is 26.8 Å². The first-order chi connectivity index (χ1) is 12.0. The largest absolute Gasteiger partial charge is 0.322 e. The Morgan fingerprint density at radius 2 is 1.77 bits per heavy atom. The van der Waals surface area contributed by atoms with Gasteiger partial charge in [0.05, 0.1) is 5.75 Å². The summed E-state index contributed by atoms with van der Waals surface area (Å²) >= 11 is 0. The van der Waals surface area contributed by atoms with E-state index in [4.69, 9.17) is 0 Å². The third-order valence-corrected chi connectivity index (χ3v) is 5.44. The summed E-state index contributed by atoms with van der Waals surface area (Å²) in [5, 5.41) is 2.81. The second kappa shape index (κ2) is 7.45. The highest BCUT2D eigenvalue weighted by Crippen LogP contribution is 2.19. The second-order valence-electron chi connectivity index (χ2n) is 7.60. The zero-order valence-corrected chi connectivity index (χ0v) is 16.6. The van der Waals surface area contributed by atoms with Crippen LogP contribution in [0.1, 0.15) is 42.3 Å². The number of hydrogen-bond donors (Lipinski definition) is 2. The van der Waals surface area contributed by atoms with Crippen LogP contribution in [-0.4, -0.2) is 25.1 Å². The Hall–Kier alpha value is -2.41. The molecule has 7 heteroatoms. The second-order valence-corrected chi connectivity index (χ2v) is 9.33. The fourth-order valence-corrected chi connectivity index (χ4v) is 4.06. The van der Waals surface area contributed by atoms with Crippen molar-refractivity contribution in [1.29, 1.82) is 0 Å². The highest BCUT2D eigenvalue weighted by Gasteiger charge is 2.22. The van der Waals surface area contributed by atoms with Crippen molar-refractivity contribution >= 4 is 27.4 Å². The molecule has 1 aromatic carbocycles. The number of pyridine rings is 1. The maximum absolute atomic E-state index is 12.4. The van der Waals surface area contributed by atoms with Gasteiger partial charge in [0.25, 0.3) is 5.91 Å². The first kappa shape index (κ1) is 19.9. The molecular formula is C19H25N3O3S. The monoisotopic (exact) mass is 375 g/mol. The minimum atomic E-state index is -3.55. The Morgan fingerprint density at radius 1 is 1.08 bits per heavy atom. The van der Waals surface area contributed by atoms with E-state index in [9.17, 15) is 13.2 Å². The van der Waals surface area contributed by atoms with Crippen molar-refractivity contribution in [3.05, 3.63) is 53.2 Å². The Bertz CT molecular complexity index is 916. The number of sulfonamides is 1. The lowest BCUT2D eigenvalue weighted by Crippen LogP contribution is -2.26. The van der Waals surface area contributed by atoms with Crippen molar-refractivity contribution in [3.63, 3.8) is 0 Å². The number of benzene rings is 1. The molecule has 2 N–H and O–H groups in total. The van der Waals surface area contributed by atoms with Gasteiger partial charge in [-0.3, -0.25) is 9.52 Å². The highest BCUT2D eigenvalue weighted by molar-refractivity contribution is 7.92. The summed E-state index contributed by atoms with van der Waals surface area (Å²) in [5.41, 5.74) is 2.84. The van der Waals surface area contributed by atoms with Crippen molar-refractivity contribution in [1.82, 2.24) is 4.98 Å². The Balaban J connectivity index is 2.15. The highest BCUT2D eigenvalue weighted by atomic mass is 32.2. The summed E-state index contributed by atoms with van der Waals surface area (Å²) in [6, 6.07) is 8.62. The molecule has 140 valence electrons. The Morgan fingerprint density at radius 3 is 2.38 bits per heavy atom. The molecule has 0 atom stereocenters. The number of carbonyl (C=O) groups excluding carboxylic acids is 1. The molecule has 0 saturated heterocycles. The van der Waals surface area contributed by atoms with Gasteiger partial charge >= 0.3 is 0 Å². The molecule has 1 amide bonds. The normalized spacial score (nSPS) is 11.9. The molecule has 0 aliphatic carbocycles. The molecular weight excluding hydrogens is 350 g/mol. The van der Waals surface area contributed by atoms with Crippen LogP contribution in [0.25, 0.3) is 0 Å². The molecule has 6 nitrogen and oxygen atoms in total. The van der Waals surface area contributed by atoms with Gasteiger partial charge in [-0.2, -0.15) is 0 Å². The minimum Gasteiger partial charge on any atom is -0.322 e. The van der Waals surface area contributed by atoms with E-state index < -0.39 is 10.0 Å². The van der Waals surface area contributed by atoms with Crippen LogP contribution >= 0.6 is 0 Å². The van der Waals surface area contributed by atoms with Crippen molar-refractivity contribution in [2.75, 3.05) is 15.8 Å². The van der Waals surface area contributed by atoms with E-state index in [0.717, 1.165) is 11.1 Å². The number of amides is 1. The number of nitrogens with one attached hydrogen (secondary N) is 2. The van der Waals surface area contributed by atoms with Crippen molar-refractivity contribution < 1.29 is 13.2 Å². The average Bonchev–Trinajstić information content (AvgIpc) is 2.48. The van der Waals surface area contributed by atoms with Gasteiger partial charge in [-0.15, -0.1) is 0 Å². The topological polar surface area (TPSA) is 88.2 Å². The Labute approximate surface area is 155 Å². The van der Waals surface area contributed by atoms with E-state index in [0.29, 0.717) is 11.3 Å². The molecule has 1 heterocycles. The third kappa shape index (κ3) is 5.84. The number of aromatic nitrogens is 1. The molecule has 2 rings (SSSR count). The van der Waals surface area contributed by atoms with E-state index in [1.54, 1.807) is 0 Å². The number of aryl methyl sites for hydroxylation is 2. The fraction of sp³-hybridized carbons (Fsp3) is 0.368. The van der Waals surface area contributed by atoms with E-state index in [1.807, 2.05) is 52.8 Å². The summed E-state index contributed by atoms with van der Waals surface area (Å²) in [4.78, 5) is 16.4. The van der Waals surface area contributed by atoms with Crippen molar-refractivity contribution in [3.8, 4) is 0 Å². The third-order valence-electron chi connectivity index (χ3n) is 3.67. The first-order valence-corrected chi connectivity index (χ1v) is 9.96. The summed E-state index contributed by atoms with van der Waals surface area (Å²) < 4.78 is 26.8. The van der Waals surface area contributed by atoms with Gasteiger partial charge < -0.3 is 5.32 Å². The molecule has 0 bridgehead atoms. The summed E-state index contributed by atoms with van der Waals surface area (Å²) in [6.45, 7) is 9.49. The van der Waals surface area contributed by atoms with Gasteiger partial charge in [0.2, 0.25) is 10.0 Å². The van der Waals surface area contributed by atoms with Crippen LogP contribution in [0.4, 0.5) is 11.5 Å². The van der Waals surface area contributed by atoms with Crippen molar-refractivity contribution in [2.45, 2.75) is 34.6 Å². The van der Waals surface area contributed by atoms with Crippen LogP contribution in [-0.2, 0) is 10.0 Å². The fourth-order valence-electron chi connectivity index (χ4n) is 2.42. The zero-order valence-electron chi connectivity index (χ0n) is 15.8. The standard InChI is InChI=1S/C19H25N3O3S/c1-13-6-7-16(10-14(13)2)21-18(23)15-8-9-20-17(11-15)22-26(24,25)12-19(3,4)5/h6-11H,12H2,1-5H3,(H,20,22)(H,21,23). The average molecular weight is 375 g/mol. The molecule has 26 heavy (non-hydrogen) atoms. The number of hydrogen-bond acceptors (Lipinski definition) is 4. The predicted octanol–water partition coefficient (Wildman–Crippen LogP) is 3.74. The van der Waals surface area contributed by atoms with Gasteiger partial charge in [0.1, 0.15) is 5.82 Å². The van der Waals surface area contributed by atoms with Crippen LogP contribution in [0.5, 0.6) is 0 Å². The molecule has 0 fully saturated rings. The molecule has 0 radical (unpaired) electrons. The molecule has 0 aliphatic heterocycles. The smallest absolute Gasteiger partial charge is 0.255 e. The summed E-state index contributed by atoms with van der Waals surface area (Å²) in [6.07, 6.45) is 1.41. The van der Waals surface area contributed by atoms with E-state index >= 15 is 0 Å². The van der Waals surface area contributed by atoms with Gasteiger partial charge in [-0.25, -0.2) is 13.4 Å². The van der Waals surface area contributed by atoms with E-state index in [1.165, 1.54) is 18.3 Å². The molecule has 2 aromatic rings. The lowest BCUT2D eigenvalue weighted by atomic mass is 10.0. The van der Waals surface area contributed by atoms with Gasteiger partial charge in [0, 0.05) is 17.4 Å². The molecule has 0 unspecified atom stereocenters. The molecule has 1 aromatic heterocycles. The summed E-state index contributed by atoms with van der Waals surface area (Å²) in [7, 11) is -3.55. The lowest BCUT2D eigenvalue weighted by molar-refractivity contribution is 0.102. The Kier molecular flexibility index (Phi) is 5.71. The SMILES string of the molecule is Cc1ccc(NC(=O)c2ccnc(NS(=O)(=O)CC(C)(C)C)c2)cc1C. The maximum Gasteiger partial charge on any atom is 0.255 e. The van der Waals surface area contributed by atoms with Crippen LogP contribution in [0.3, 0.4) is 0 Å². The number of nitrogens with zero attached hydrogens (tertiary/aromatic N) is 1. The zero-order chi connectivity index (χ0) is 19.5. The quantitative estimate of drug-likeness (QED) is 0.833. The van der Waals surface area contributed by atoms with Gasteiger partial charge in [0.15, 0.2) is 0 Å². The minimum absolute atomic E-state index is 0.0409. The predicted molar refractivity (Wildman–Crippen MR) is 105 cm³/mol.